The van der Waals surface area contributed by atoms with Crippen molar-refractivity contribution in [3.05, 3.63) is 0 Å². The van der Waals surface area contributed by atoms with Crippen LogP contribution in [0.5, 0.6) is 0 Å². The van der Waals surface area contributed by atoms with Crippen molar-refractivity contribution in [1.82, 2.24) is 0 Å². The molecule has 0 aromatic rings. The molecule has 0 radical (unpaired) electrons. The third kappa shape index (κ3) is 2.47. The standard InChI is InChI=1S/C4H8O.C2H4Cl.Al/c1-2-3-4-5;1-2-3;/h1-4H2;2H,1H3;/q-1;;+1. The SMILES string of the molecule is C[CH](Cl)[Al]1[CH2]CCC[O]1. The average Bonchev–Trinajstić information content (AvgIpc) is 1.90. The Labute approximate surface area is 66.1 Å². The van der Waals surface area contributed by atoms with Crippen molar-refractivity contribution >= 4 is 26.1 Å². The van der Waals surface area contributed by atoms with E-state index in [1.165, 1.54) is 18.1 Å². The van der Waals surface area contributed by atoms with Crippen LogP contribution in [0, 0.1) is 0 Å². The predicted molar refractivity (Wildman–Crippen MR) is 41.1 cm³/mol. The number of rotatable bonds is 1. The Hall–Kier alpha value is 0.782. The maximum Gasteiger partial charge on any atom is 0.480 e. The van der Waals surface area contributed by atoms with Crippen LogP contribution in [0.2, 0.25) is 5.28 Å². The first kappa shape index (κ1) is 7.88. The summed E-state index contributed by atoms with van der Waals surface area (Å²) in [6.07, 6.45) is 2.58. The molecule has 52 valence electrons. The van der Waals surface area contributed by atoms with E-state index in [9.17, 15) is 0 Å². The molecule has 0 bridgehead atoms. The maximum atomic E-state index is 5.89. The second-order valence-corrected chi connectivity index (χ2v) is 6.68. The van der Waals surface area contributed by atoms with Gasteiger partial charge in [0.15, 0.2) is 0 Å². The van der Waals surface area contributed by atoms with Crippen LogP contribution in [0.25, 0.3) is 0 Å². The second kappa shape index (κ2) is 3.83. The fourth-order valence-electron chi connectivity index (χ4n) is 1.13. The summed E-state index contributed by atoms with van der Waals surface area (Å²) in [5.74, 6) is 0. The summed E-state index contributed by atoms with van der Waals surface area (Å²) >= 11 is 4.96. The van der Waals surface area contributed by atoms with E-state index >= 15 is 0 Å². The van der Waals surface area contributed by atoms with E-state index in [1.807, 2.05) is 0 Å². The van der Waals surface area contributed by atoms with Crippen molar-refractivity contribution in [1.29, 1.82) is 0 Å². The topological polar surface area (TPSA) is 9.23 Å². The molecule has 0 saturated carbocycles. The van der Waals surface area contributed by atoms with Crippen LogP contribution in [-0.4, -0.2) is 25.3 Å². The summed E-state index contributed by atoms with van der Waals surface area (Å²) in [6, 6.07) is 0. The van der Waals surface area contributed by atoms with E-state index in [0.29, 0.717) is 4.24 Å². The molecule has 0 aromatic heterocycles. The Morgan fingerprint density at radius 2 is 2.33 bits per heavy atom. The smallest absolute Gasteiger partial charge is 0.480 e. The van der Waals surface area contributed by atoms with Crippen molar-refractivity contribution in [3.8, 4) is 0 Å². The van der Waals surface area contributed by atoms with Crippen LogP contribution in [0.1, 0.15) is 19.8 Å². The van der Waals surface area contributed by atoms with Crippen LogP contribution < -0.4 is 0 Å². The first-order valence-corrected chi connectivity index (χ1v) is 5.95. The van der Waals surface area contributed by atoms with Gasteiger partial charge in [-0.2, -0.15) is 0 Å². The van der Waals surface area contributed by atoms with E-state index in [2.05, 4.69) is 6.92 Å². The van der Waals surface area contributed by atoms with Crippen molar-refractivity contribution in [3.63, 3.8) is 0 Å². The molecule has 0 amide bonds. The van der Waals surface area contributed by atoms with Gasteiger partial charge in [-0.15, -0.1) is 11.6 Å². The molecule has 1 heterocycles. The van der Waals surface area contributed by atoms with Crippen molar-refractivity contribution in [2.75, 3.05) is 6.61 Å². The highest BCUT2D eigenvalue weighted by Crippen LogP contribution is 2.15. The Balaban J connectivity index is 2.23. The minimum atomic E-state index is -0.934. The molecule has 1 aliphatic heterocycles. The molecule has 1 nitrogen and oxygen atoms in total. The highest BCUT2D eigenvalue weighted by molar-refractivity contribution is 6.64. The van der Waals surface area contributed by atoms with Gasteiger partial charge in [0.1, 0.15) is 0 Å². The van der Waals surface area contributed by atoms with Gasteiger partial charge in [-0.25, -0.2) is 0 Å². The summed E-state index contributed by atoms with van der Waals surface area (Å²) in [6.45, 7) is 3.03. The minimum absolute atomic E-state index is 0.324. The van der Waals surface area contributed by atoms with Gasteiger partial charge in [0, 0.05) is 10.8 Å². The molecule has 3 heteroatoms. The Bertz CT molecular complexity index is 81.1. The van der Waals surface area contributed by atoms with Gasteiger partial charge in [-0.05, 0) is 6.42 Å². The third-order valence-electron chi connectivity index (χ3n) is 1.73. The minimum Gasteiger partial charge on any atom is -0.500 e. The average molecular weight is 163 g/mol. The first-order valence-electron chi connectivity index (χ1n) is 3.56. The zero-order valence-electron chi connectivity index (χ0n) is 5.77. The molecule has 0 aliphatic carbocycles. The molecule has 9 heavy (non-hydrogen) atoms. The summed E-state index contributed by atoms with van der Waals surface area (Å²) in [7, 11) is 0. The fourth-order valence-corrected chi connectivity index (χ4v) is 3.78. The molecule has 0 spiro atoms. The monoisotopic (exact) mass is 162 g/mol. The highest BCUT2D eigenvalue weighted by Gasteiger charge is 2.28. The van der Waals surface area contributed by atoms with Crippen LogP contribution in [0.15, 0.2) is 0 Å². The number of hydrogen-bond donors (Lipinski definition) is 0. The molecule has 1 aliphatic rings. The lowest BCUT2D eigenvalue weighted by molar-refractivity contribution is 0.286. The molecule has 1 saturated heterocycles. The molecule has 1 atom stereocenters. The molecule has 1 unspecified atom stereocenters. The van der Waals surface area contributed by atoms with Crippen LogP contribution in [-0.2, 0) is 3.79 Å². The Morgan fingerprint density at radius 1 is 1.56 bits per heavy atom. The van der Waals surface area contributed by atoms with Gasteiger partial charge in [0.25, 0.3) is 0 Å². The number of hydrogen-bond acceptors (Lipinski definition) is 1. The van der Waals surface area contributed by atoms with Gasteiger partial charge in [0.05, 0.1) is 0 Å². The van der Waals surface area contributed by atoms with Crippen LogP contribution in [0.4, 0.5) is 0 Å². The normalized spacial score (nSPS) is 24.0. The lowest BCUT2D eigenvalue weighted by Gasteiger charge is -2.19. The first-order chi connectivity index (χ1) is 4.30. The molecular formula is C6H12AlClO. The van der Waals surface area contributed by atoms with Gasteiger partial charge in [-0.3, -0.25) is 0 Å². The third-order valence-corrected chi connectivity index (χ3v) is 5.24. The van der Waals surface area contributed by atoms with Crippen molar-refractivity contribution < 1.29 is 3.79 Å². The number of halogens is 1. The predicted octanol–water partition coefficient (Wildman–Crippen LogP) is 1.95. The maximum absolute atomic E-state index is 5.89. The molecule has 1 fully saturated rings. The highest BCUT2D eigenvalue weighted by atomic mass is 35.5. The van der Waals surface area contributed by atoms with E-state index < -0.39 is 14.5 Å². The van der Waals surface area contributed by atoms with Gasteiger partial charge in [0.2, 0.25) is 0 Å². The fraction of sp³-hybridized carbons (Fsp3) is 1.00. The van der Waals surface area contributed by atoms with E-state index in [4.69, 9.17) is 15.4 Å². The van der Waals surface area contributed by atoms with Crippen molar-refractivity contribution in [2.45, 2.75) is 29.3 Å². The molecular weight excluding hydrogens is 150 g/mol. The summed E-state index contributed by atoms with van der Waals surface area (Å²) in [5, 5.41) is 1.28. The van der Waals surface area contributed by atoms with Crippen LogP contribution in [0.3, 0.4) is 0 Å². The second-order valence-electron chi connectivity index (χ2n) is 2.58. The van der Waals surface area contributed by atoms with Crippen molar-refractivity contribution in [2.24, 2.45) is 0 Å². The van der Waals surface area contributed by atoms with E-state index in [-0.39, 0.29) is 0 Å². The van der Waals surface area contributed by atoms with E-state index in [0.717, 1.165) is 6.61 Å². The summed E-state index contributed by atoms with van der Waals surface area (Å²) in [5.41, 5.74) is 0. The number of alkyl halides is 1. The largest absolute Gasteiger partial charge is 0.500 e. The van der Waals surface area contributed by atoms with Gasteiger partial charge >= 0.3 is 14.5 Å². The lowest BCUT2D eigenvalue weighted by atomic mass is 10.4. The summed E-state index contributed by atoms with van der Waals surface area (Å²) < 4.78 is 5.87. The van der Waals surface area contributed by atoms with Gasteiger partial charge in [-0.1, -0.05) is 18.6 Å². The Morgan fingerprint density at radius 3 is 2.67 bits per heavy atom. The zero-order valence-corrected chi connectivity index (χ0v) is 7.68. The molecule has 0 aromatic carbocycles. The zero-order chi connectivity index (χ0) is 6.69. The quantitative estimate of drug-likeness (QED) is 0.423. The molecule has 0 N–H and O–H groups in total. The summed E-state index contributed by atoms with van der Waals surface area (Å²) in [4.78, 5) is 0. The lowest BCUT2D eigenvalue weighted by Crippen LogP contribution is -2.31. The van der Waals surface area contributed by atoms with E-state index in [1.54, 1.807) is 0 Å². The van der Waals surface area contributed by atoms with Gasteiger partial charge < -0.3 is 3.79 Å². The van der Waals surface area contributed by atoms with Crippen LogP contribution >= 0.6 is 11.6 Å². The Kier molecular flexibility index (Phi) is 3.36. The molecule has 1 rings (SSSR count).